The summed E-state index contributed by atoms with van der Waals surface area (Å²) in [6, 6.07) is 0. The van der Waals surface area contributed by atoms with E-state index in [1.165, 1.54) is 19.4 Å². The van der Waals surface area contributed by atoms with Gasteiger partial charge in [0, 0.05) is 6.61 Å². The Morgan fingerprint density at radius 3 is 3.00 bits per heavy atom. The van der Waals surface area contributed by atoms with Crippen LogP contribution in [0.2, 0.25) is 0 Å². The minimum absolute atomic E-state index is 0.344. The van der Waals surface area contributed by atoms with Crippen molar-refractivity contribution in [1.29, 1.82) is 0 Å². The van der Waals surface area contributed by atoms with Gasteiger partial charge in [-0.3, -0.25) is 0 Å². The maximum Gasteiger partial charge on any atom is 0.0456 e. The zero-order chi connectivity index (χ0) is 7.40. The Morgan fingerprint density at radius 1 is 1.70 bits per heavy atom. The van der Waals surface area contributed by atoms with Gasteiger partial charge in [0.2, 0.25) is 0 Å². The van der Waals surface area contributed by atoms with Crippen molar-refractivity contribution < 1.29 is 5.11 Å². The molecule has 0 spiro atoms. The van der Waals surface area contributed by atoms with Crippen molar-refractivity contribution in [3.05, 3.63) is 0 Å². The Labute approximate surface area is 62.6 Å². The number of rotatable bonds is 3. The molecule has 2 atom stereocenters. The second-order valence-electron chi connectivity index (χ2n) is 3.38. The summed E-state index contributed by atoms with van der Waals surface area (Å²) in [5.74, 6) is 1.31. The normalized spacial score (nSPS) is 28.8. The van der Waals surface area contributed by atoms with Crippen LogP contribution < -0.4 is 5.32 Å². The molecule has 1 heterocycles. The summed E-state index contributed by atoms with van der Waals surface area (Å²) in [5.41, 5.74) is 0. The molecule has 0 aromatic carbocycles. The average molecular weight is 143 g/mol. The first-order valence-electron chi connectivity index (χ1n) is 4.14. The molecule has 0 aromatic rings. The van der Waals surface area contributed by atoms with Gasteiger partial charge in [0.05, 0.1) is 0 Å². The fourth-order valence-corrected chi connectivity index (χ4v) is 1.56. The van der Waals surface area contributed by atoms with Crippen LogP contribution >= 0.6 is 0 Å². The number of hydrogen-bond acceptors (Lipinski definition) is 2. The average Bonchev–Trinajstić information content (AvgIpc) is 2.40. The lowest BCUT2D eigenvalue weighted by atomic mass is 9.96. The lowest BCUT2D eigenvalue weighted by molar-refractivity contribution is 0.215. The molecule has 2 heteroatoms. The van der Waals surface area contributed by atoms with Gasteiger partial charge in [-0.05, 0) is 37.8 Å². The van der Waals surface area contributed by atoms with Crippen LogP contribution in [0.3, 0.4) is 0 Å². The third kappa shape index (κ3) is 2.27. The molecule has 1 fully saturated rings. The van der Waals surface area contributed by atoms with Crippen LogP contribution in [-0.2, 0) is 0 Å². The van der Waals surface area contributed by atoms with E-state index in [1.807, 2.05) is 0 Å². The van der Waals surface area contributed by atoms with Gasteiger partial charge in [-0.1, -0.05) is 6.92 Å². The molecule has 0 amide bonds. The number of nitrogens with one attached hydrogen (secondary N) is 1. The molecule has 2 N–H and O–H groups in total. The first-order chi connectivity index (χ1) is 4.83. The summed E-state index contributed by atoms with van der Waals surface area (Å²) in [4.78, 5) is 0. The Bertz CT molecular complexity index is 89.3. The Kier molecular flexibility index (Phi) is 3.16. The van der Waals surface area contributed by atoms with E-state index >= 15 is 0 Å². The van der Waals surface area contributed by atoms with Gasteiger partial charge in [-0.2, -0.15) is 0 Å². The molecule has 0 saturated carbocycles. The Morgan fingerprint density at radius 2 is 2.50 bits per heavy atom. The summed E-state index contributed by atoms with van der Waals surface area (Å²) in [6.07, 6.45) is 2.48. The first kappa shape index (κ1) is 8.02. The molecule has 2 nitrogen and oxygen atoms in total. The zero-order valence-corrected chi connectivity index (χ0v) is 6.64. The van der Waals surface area contributed by atoms with Crippen molar-refractivity contribution >= 4 is 0 Å². The molecular formula is C8H17NO. The molecule has 0 bridgehead atoms. The standard InChI is InChI=1S/C8H17NO/c1-7(6-10)4-8-2-3-9-5-8/h7-10H,2-6H2,1H3. The van der Waals surface area contributed by atoms with E-state index in [0.717, 1.165) is 12.5 Å². The van der Waals surface area contributed by atoms with E-state index in [0.29, 0.717) is 12.5 Å². The molecule has 0 radical (unpaired) electrons. The summed E-state index contributed by atoms with van der Waals surface area (Å²) >= 11 is 0. The minimum Gasteiger partial charge on any atom is -0.396 e. The maximum absolute atomic E-state index is 8.77. The zero-order valence-electron chi connectivity index (χ0n) is 6.64. The molecule has 10 heavy (non-hydrogen) atoms. The van der Waals surface area contributed by atoms with Crippen LogP contribution in [-0.4, -0.2) is 24.8 Å². The molecule has 2 unspecified atom stereocenters. The first-order valence-corrected chi connectivity index (χ1v) is 4.14. The quantitative estimate of drug-likeness (QED) is 0.607. The summed E-state index contributed by atoms with van der Waals surface area (Å²) < 4.78 is 0. The van der Waals surface area contributed by atoms with Crippen molar-refractivity contribution in [1.82, 2.24) is 5.32 Å². The van der Waals surface area contributed by atoms with Gasteiger partial charge < -0.3 is 10.4 Å². The largest absolute Gasteiger partial charge is 0.396 e. The van der Waals surface area contributed by atoms with E-state index in [9.17, 15) is 0 Å². The van der Waals surface area contributed by atoms with Crippen LogP contribution in [0.15, 0.2) is 0 Å². The Balaban J connectivity index is 2.11. The number of hydrogen-bond donors (Lipinski definition) is 2. The SMILES string of the molecule is CC(CO)CC1CCNC1. The fourth-order valence-electron chi connectivity index (χ4n) is 1.56. The van der Waals surface area contributed by atoms with Crippen LogP contribution in [0, 0.1) is 11.8 Å². The van der Waals surface area contributed by atoms with Crippen LogP contribution in [0.25, 0.3) is 0 Å². The second kappa shape index (κ2) is 3.94. The van der Waals surface area contributed by atoms with E-state index in [4.69, 9.17) is 5.11 Å². The maximum atomic E-state index is 8.77. The lowest BCUT2D eigenvalue weighted by Gasteiger charge is -2.12. The van der Waals surface area contributed by atoms with Gasteiger partial charge >= 0.3 is 0 Å². The predicted molar refractivity (Wildman–Crippen MR) is 41.8 cm³/mol. The monoisotopic (exact) mass is 143 g/mol. The van der Waals surface area contributed by atoms with Crippen molar-refractivity contribution in [2.75, 3.05) is 19.7 Å². The van der Waals surface area contributed by atoms with Crippen molar-refractivity contribution in [2.24, 2.45) is 11.8 Å². The van der Waals surface area contributed by atoms with Gasteiger partial charge in [-0.15, -0.1) is 0 Å². The van der Waals surface area contributed by atoms with E-state index < -0.39 is 0 Å². The third-order valence-electron chi connectivity index (χ3n) is 2.21. The smallest absolute Gasteiger partial charge is 0.0456 e. The molecular weight excluding hydrogens is 126 g/mol. The van der Waals surface area contributed by atoms with Crippen molar-refractivity contribution in [2.45, 2.75) is 19.8 Å². The van der Waals surface area contributed by atoms with E-state index in [-0.39, 0.29) is 0 Å². The Hall–Kier alpha value is -0.0800. The molecule has 1 aliphatic rings. The van der Waals surface area contributed by atoms with Crippen molar-refractivity contribution in [3.63, 3.8) is 0 Å². The van der Waals surface area contributed by atoms with Gasteiger partial charge in [0.1, 0.15) is 0 Å². The summed E-state index contributed by atoms with van der Waals surface area (Å²) in [5, 5.41) is 12.1. The number of aliphatic hydroxyl groups excluding tert-OH is 1. The van der Waals surface area contributed by atoms with E-state index in [2.05, 4.69) is 12.2 Å². The van der Waals surface area contributed by atoms with Gasteiger partial charge in [0.15, 0.2) is 0 Å². The molecule has 1 aliphatic heterocycles. The van der Waals surface area contributed by atoms with Gasteiger partial charge in [0.25, 0.3) is 0 Å². The molecule has 0 aliphatic carbocycles. The topological polar surface area (TPSA) is 32.3 Å². The highest BCUT2D eigenvalue weighted by molar-refractivity contribution is 4.72. The van der Waals surface area contributed by atoms with Crippen molar-refractivity contribution in [3.8, 4) is 0 Å². The predicted octanol–water partition coefficient (Wildman–Crippen LogP) is 0.614. The van der Waals surface area contributed by atoms with Crippen LogP contribution in [0.4, 0.5) is 0 Å². The molecule has 0 aromatic heterocycles. The highest BCUT2D eigenvalue weighted by Gasteiger charge is 2.16. The van der Waals surface area contributed by atoms with Gasteiger partial charge in [-0.25, -0.2) is 0 Å². The molecule has 60 valence electrons. The minimum atomic E-state index is 0.344. The molecule has 1 rings (SSSR count). The lowest BCUT2D eigenvalue weighted by Crippen LogP contribution is -2.13. The summed E-state index contributed by atoms with van der Waals surface area (Å²) in [6.45, 7) is 4.78. The second-order valence-corrected chi connectivity index (χ2v) is 3.38. The summed E-state index contributed by atoms with van der Waals surface area (Å²) in [7, 11) is 0. The van der Waals surface area contributed by atoms with E-state index in [1.54, 1.807) is 0 Å². The highest BCUT2D eigenvalue weighted by Crippen LogP contribution is 2.17. The van der Waals surface area contributed by atoms with Crippen LogP contribution in [0.1, 0.15) is 19.8 Å². The fraction of sp³-hybridized carbons (Fsp3) is 1.00. The molecule has 1 saturated heterocycles. The number of aliphatic hydroxyl groups is 1. The highest BCUT2D eigenvalue weighted by atomic mass is 16.3. The third-order valence-corrected chi connectivity index (χ3v) is 2.21. The van der Waals surface area contributed by atoms with Crippen LogP contribution in [0.5, 0.6) is 0 Å².